The third-order valence-corrected chi connectivity index (χ3v) is 4.84. The summed E-state index contributed by atoms with van der Waals surface area (Å²) in [6.45, 7) is 6.40. The number of nitrogens with zero attached hydrogens (tertiary/aromatic N) is 3. The van der Waals surface area contributed by atoms with E-state index in [1.54, 1.807) is 0 Å². The van der Waals surface area contributed by atoms with Crippen LogP contribution in [0.2, 0.25) is 0 Å². The summed E-state index contributed by atoms with van der Waals surface area (Å²) >= 11 is 0. The number of hydrogen-bond donors (Lipinski definition) is 1. The summed E-state index contributed by atoms with van der Waals surface area (Å²) < 4.78 is 5.77. The van der Waals surface area contributed by atoms with Gasteiger partial charge in [-0.25, -0.2) is 4.98 Å². The highest BCUT2D eigenvalue weighted by Gasteiger charge is 2.33. The molecule has 1 aliphatic rings. The van der Waals surface area contributed by atoms with E-state index in [1.165, 1.54) is 5.56 Å². The molecule has 126 valence electrons. The monoisotopic (exact) mass is 324 g/mol. The van der Waals surface area contributed by atoms with Crippen LogP contribution in [0.4, 0.5) is 5.82 Å². The predicted octanol–water partition coefficient (Wildman–Crippen LogP) is 4.07. The Morgan fingerprint density at radius 3 is 2.92 bits per heavy atom. The first kappa shape index (κ1) is 16.5. The third-order valence-electron chi connectivity index (χ3n) is 4.84. The average Bonchev–Trinajstić information content (AvgIpc) is 3.00. The van der Waals surface area contributed by atoms with E-state index in [2.05, 4.69) is 37.0 Å². The van der Waals surface area contributed by atoms with Crippen molar-refractivity contribution < 1.29 is 4.52 Å². The van der Waals surface area contributed by atoms with Crippen molar-refractivity contribution in [1.29, 1.82) is 5.26 Å². The first-order chi connectivity index (χ1) is 11.6. The molecule has 5 heteroatoms. The van der Waals surface area contributed by atoms with Gasteiger partial charge in [0.2, 0.25) is 0 Å². The molecular weight excluding hydrogens is 300 g/mol. The van der Waals surface area contributed by atoms with Crippen LogP contribution in [0.25, 0.3) is 0 Å². The number of anilines is 1. The highest BCUT2D eigenvalue weighted by molar-refractivity contribution is 5.58. The summed E-state index contributed by atoms with van der Waals surface area (Å²) in [7, 11) is 0. The first-order valence-corrected chi connectivity index (χ1v) is 8.74. The number of nitriles is 1. The second kappa shape index (κ2) is 6.64. The number of aryl methyl sites for hydroxylation is 1. The Morgan fingerprint density at radius 1 is 1.46 bits per heavy atom. The smallest absolute Gasteiger partial charge is 0.147 e. The molecule has 0 bridgehead atoms. The minimum absolute atomic E-state index is 0.0512. The molecule has 0 aliphatic heterocycles. The molecule has 24 heavy (non-hydrogen) atoms. The maximum atomic E-state index is 9.65. The number of nitrogens with two attached hydrogens (primary N) is 1. The Balaban J connectivity index is 2.18. The second-order valence-electron chi connectivity index (χ2n) is 6.83. The summed E-state index contributed by atoms with van der Waals surface area (Å²) in [6.07, 6.45) is 6.72. The molecule has 2 N–H and O–H groups in total. The van der Waals surface area contributed by atoms with Crippen molar-refractivity contribution in [3.8, 4) is 6.07 Å². The van der Waals surface area contributed by atoms with Crippen molar-refractivity contribution in [3.63, 3.8) is 0 Å². The van der Waals surface area contributed by atoms with E-state index in [4.69, 9.17) is 10.3 Å². The van der Waals surface area contributed by atoms with Crippen molar-refractivity contribution in [2.75, 3.05) is 5.73 Å². The van der Waals surface area contributed by atoms with Crippen molar-refractivity contribution in [2.24, 2.45) is 0 Å². The molecule has 0 saturated carbocycles. The van der Waals surface area contributed by atoms with Crippen LogP contribution < -0.4 is 5.73 Å². The van der Waals surface area contributed by atoms with Gasteiger partial charge in [0.15, 0.2) is 0 Å². The molecule has 0 saturated heterocycles. The quantitative estimate of drug-likeness (QED) is 0.915. The topological polar surface area (TPSA) is 88.7 Å². The Bertz CT molecular complexity index is 785. The van der Waals surface area contributed by atoms with E-state index >= 15 is 0 Å². The second-order valence-corrected chi connectivity index (χ2v) is 6.83. The average molecular weight is 324 g/mol. The lowest BCUT2D eigenvalue weighted by Crippen LogP contribution is -2.15. The van der Waals surface area contributed by atoms with Crippen LogP contribution in [-0.4, -0.2) is 10.1 Å². The van der Waals surface area contributed by atoms with Crippen LogP contribution in [0.15, 0.2) is 10.7 Å². The van der Waals surface area contributed by atoms with Crippen LogP contribution in [0, 0.1) is 11.3 Å². The summed E-state index contributed by atoms with van der Waals surface area (Å²) in [4.78, 5) is 4.22. The van der Waals surface area contributed by atoms with E-state index in [0.29, 0.717) is 17.3 Å². The Labute approximate surface area is 142 Å². The minimum Gasteiger partial charge on any atom is -0.383 e. The van der Waals surface area contributed by atoms with Crippen LogP contribution in [0.5, 0.6) is 0 Å². The van der Waals surface area contributed by atoms with Crippen molar-refractivity contribution >= 4 is 5.82 Å². The molecule has 0 aromatic carbocycles. The van der Waals surface area contributed by atoms with Gasteiger partial charge in [-0.3, -0.25) is 0 Å². The lowest BCUT2D eigenvalue weighted by molar-refractivity contribution is 0.350. The number of hydrogen-bond acceptors (Lipinski definition) is 5. The fourth-order valence-electron chi connectivity index (χ4n) is 3.77. The van der Waals surface area contributed by atoms with Crippen molar-refractivity contribution in [1.82, 2.24) is 10.1 Å². The molecular formula is C19H24N4O. The van der Waals surface area contributed by atoms with E-state index < -0.39 is 0 Å². The van der Waals surface area contributed by atoms with Crippen LogP contribution >= 0.6 is 0 Å². The van der Waals surface area contributed by atoms with E-state index in [0.717, 1.165) is 54.7 Å². The van der Waals surface area contributed by atoms with E-state index in [9.17, 15) is 5.26 Å². The van der Waals surface area contributed by atoms with Gasteiger partial charge in [0.1, 0.15) is 17.6 Å². The summed E-state index contributed by atoms with van der Waals surface area (Å²) in [6, 6.07) is 2.27. The predicted molar refractivity (Wildman–Crippen MR) is 92.7 cm³/mol. The largest absolute Gasteiger partial charge is 0.383 e. The maximum Gasteiger partial charge on any atom is 0.147 e. The van der Waals surface area contributed by atoms with Gasteiger partial charge >= 0.3 is 0 Å². The van der Waals surface area contributed by atoms with Gasteiger partial charge in [0.25, 0.3) is 0 Å². The molecule has 0 fully saturated rings. The highest BCUT2D eigenvalue weighted by atomic mass is 16.5. The standard InChI is InChI=1S/C19H24N4O/c1-4-6-12-10-22-19(21)15(9-20)16(12)13-7-5-8-14-17(11(2)3)23-24-18(13)14/h10-11,13H,4-8H2,1-3H3,(H2,21,22). The molecule has 0 amide bonds. The van der Waals surface area contributed by atoms with E-state index in [-0.39, 0.29) is 5.92 Å². The molecule has 5 nitrogen and oxygen atoms in total. The van der Waals surface area contributed by atoms with Gasteiger partial charge in [-0.05, 0) is 42.7 Å². The molecule has 2 aromatic heterocycles. The number of aromatic nitrogens is 2. The molecule has 2 aromatic rings. The number of rotatable bonds is 4. The number of nitrogen functional groups attached to an aromatic ring is 1. The molecule has 2 heterocycles. The number of pyridine rings is 1. The zero-order valence-electron chi connectivity index (χ0n) is 14.6. The molecule has 0 spiro atoms. The van der Waals surface area contributed by atoms with Gasteiger partial charge in [0.05, 0.1) is 11.3 Å². The Morgan fingerprint density at radius 2 is 2.25 bits per heavy atom. The van der Waals surface area contributed by atoms with Crippen LogP contribution in [-0.2, 0) is 12.8 Å². The van der Waals surface area contributed by atoms with Gasteiger partial charge in [-0.2, -0.15) is 5.26 Å². The fourth-order valence-corrected chi connectivity index (χ4v) is 3.77. The highest BCUT2D eigenvalue weighted by Crippen LogP contribution is 2.42. The molecule has 1 aliphatic carbocycles. The van der Waals surface area contributed by atoms with Crippen LogP contribution in [0.3, 0.4) is 0 Å². The number of fused-ring (bicyclic) bond motifs is 1. The van der Waals surface area contributed by atoms with Gasteiger partial charge in [-0.1, -0.05) is 32.3 Å². The van der Waals surface area contributed by atoms with Gasteiger partial charge < -0.3 is 10.3 Å². The van der Waals surface area contributed by atoms with Crippen molar-refractivity contribution in [2.45, 2.75) is 64.7 Å². The third kappa shape index (κ3) is 2.66. The molecule has 1 unspecified atom stereocenters. The first-order valence-electron chi connectivity index (χ1n) is 8.74. The molecule has 0 radical (unpaired) electrons. The normalized spacial score (nSPS) is 16.9. The summed E-state index contributed by atoms with van der Waals surface area (Å²) in [5.41, 5.74) is 10.9. The summed E-state index contributed by atoms with van der Waals surface area (Å²) in [5.74, 6) is 1.62. The van der Waals surface area contributed by atoms with Gasteiger partial charge in [0, 0.05) is 17.7 Å². The molecule has 3 rings (SSSR count). The zero-order chi connectivity index (χ0) is 17.3. The van der Waals surface area contributed by atoms with E-state index in [1.807, 2.05) is 6.20 Å². The lowest BCUT2D eigenvalue weighted by Gasteiger charge is -2.24. The van der Waals surface area contributed by atoms with Gasteiger partial charge in [-0.15, -0.1) is 0 Å². The van der Waals surface area contributed by atoms with Crippen LogP contribution in [0.1, 0.15) is 85.6 Å². The zero-order valence-corrected chi connectivity index (χ0v) is 14.6. The maximum absolute atomic E-state index is 9.65. The SMILES string of the molecule is CCCc1cnc(N)c(C#N)c1C1CCCc2c(C(C)C)noc21. The summed E-state index contributed by atoms with van der Waals surface area (Å²) in [5, 5.41) is 14.0. The van der Waals surface area contributed by atoms with Crippen molar-refractivity contribution in [3.05, 3.63) is 39.9 Å². The minimum atomic E-state index is 0.0512. The Kier molecular flexibility index (Phi) is 4.57. The fraction of sp³-hybridized carbons (Fsp3) is 0.526. The lowest BCUT2D eigenvalue weighted by atomic mass is 9.78. The molecule has 1 atom stereocenters. The Hall–Kier alpha value is -2.35.